The van der Waals surface area contributed by atoms with Gasteiger partial charge in [-0.25, -0.2) is 42.8 Å². The van der Waals surface area contributed by atoms with Crippen LogP contribution in [-0.2, 0) is 71.0 Å². The van der Waals surface area contributed by atoms with E-state index in [1.54, 1.807) is 7.05 Å². The number of carbonyl (C=O) groups excluding carboxylic acids is 1. The van der Waals surface area contributed by atoms with Crippen molar-refractivity contribution in [1.82, 2.24) is 39.4 Å². The molecular formula is C34H49N14O24P4+. The number of fused-ring (bicyclic) bond motifs is 3. The maximum absolute atomic E-state index is 13.7. The Morgan fingerprint density at radius 2 is 1.47 bits per heavy atom. The minimum atomic E-state index is -6.19. The first kappa shape index (κ1) is 56.2. The molecule has 9 heterocycles. The number of rotatable bonds is 20. The Morgan fingerprint density at radius 1 is 0.829 bits per heavy atom. The second-order valence-electron chi connectivity index (χ2n) is 17.2. The van der Waals surface area contributed by atoms with Crippen LogP contribution in [0.3, 0.4) is 0 Å². The number of methoxy groups -OCH3 is 1. The van der Waals surface area contributed by atoms with E-state index in [0.717, 1.165) is 13.4 Å². The van der Waals surface area contributed by atoms with Gasteiger partial charge in [0, 0.05) is 14.2 Å². The number of aliphatic hydroxyl groups excluding tert-OH is 4. The van der Waals surface area contributed by atoms with Crippen LogP contribution in [0.1, 0.15) is 40.5 Å². The number of imidazole rings is 2. The van der Waals surface area contributed by atoms with Gasteiger partial charge in [-0.2, -0.15) is 13.7 Å². The van der Waals surface area contributed by atoms with Gasteiger partial charge in [-0.15, -0.1) is 5.11 Å². The first-order valence-corrected chi connectivity index (χ1v) is 28.1. The molecule has 9 rings (SSSR count). The van der Waals surface area contributed by atoms with Crippen LogP contribution in [0, 0.1) is 6.92 Å². The summed E-state index contributed by atoms with van der Waals surface area (Å²) in [6, 6.07) is -1.18. The molecule has 0 radical (unpaired) electrons. The highest BCUT2D eigenvalue weighted by Crippen LogP contribution is 2.68. The first-order chi connectivity index (χ1) is 35.7. The zero-order valence-corrected chi connectivity index (χ0v) is 43.0. The summed E-state index contributed by atoms with van der Waals surface area (Å²) in [6.07, 6.45) is -17.2. The summed E-state index contributed by atoms with van der Waals surface area (Å²) in [7, 11) is -19.3. The van der Waals surface area contributed by atoms with E-state index in [9.17, 15) is 67.8 Å². The number of amides is 1. The fourth-order valence-corrected chi connectivity index (χ4v) is 13.3. The van der Waals surface area contributed by atoms with Crippen LogP contribution in [0.4, 0.5) is 17.3 Å². The standard InChI is InChI=1S/C34H48N14O24P4/c1-11-40-15-16(44-45-17(15)30(53)41-11)25-22(51)20(49)12(67-25)5-64-73(55,56)70-24-14(69-33(26(24)63-4)47-9-39-18-27(36-2)37-8-38-28(18)47)7-66-75(59,60)72-76(61,62)71-74(57,58)65-6-13-21(50)23(52)32(68-13)48-10-46(3)19-29(48)42-34(35)43-31(19)54/h8-10,12-14,16,20-26,32-34,49-52H,5-7,35H2,1-4H3,(H7-,36,37,38,40,41,42,43,44,53,54,55,56,57,58,59,60,61,62)/p+1/t12-,13?,14-,16?,20+,21?,22?,23?,24+,25+,26?,32-,33-,34?/m1/s1. The van der Waals surface area contributed by atoms with Crippen LogP contribution < -0.4 is 31.8 Å². The van der Waals surface area contributed by atoms with Crippen LogP contribution in [0.15, 0.2) is 34.0 Å². The van der Waals surface area contributed by atoms with Crippen LogP contribution in [0.2, 0.25) is 0 Å². The maximum atomic E-state index is 13.7. The molecule has 38 nitrogen and oxygen atoms in total. The molecule has 0 saturated carbocycles. The summed E-state index contributed by atoms with van der Waals surface area (Å²) in [4.78, 5) is 86.6. The molecule has 5 aliphatic heterocycles. The van der Waals surface area contributed by atoms with Crippen LogP contribution in [0.25, 0.3) is 11.2 Å². The van der Waals surface area contributed by atoms with Crippen molar-refractivity contribution < 1.29 is 113 Å². The van der Waals surface area contributed by atoms with Gasteiger partial charge in [0.25, 0.3) is 17.3 Å². The predicted molar refractivity (Wildman–Crippen MR) is 242 cm³/mol. The zero-order chi connectivity index (χ0) is 55.0. The summed E-state index contributed by atoms with van der Waals surface area (Å²) >= 11 is 0. The number of phosphoric acid groups is 4. The number of aromatic nitrogens is 8. The third-order valence-corrected chi connectivity index (χ3v) is 17.4. The number of H-pyrrole nitrogens is 1. The molecule has 0 bridgehead atoms. The Kier molecular flexibility index (Phi) is 15.7. The van der Waals surface area contributed by atoms with Crippen molar-refractivity contribution in [2.24, 2.45) is 23.0 Å². The van der Waals surface area contributed by atoms with Crippen molar-refractivity contribution in [3.8, 4) is 0 Å². The molecular weight excluding hydrogens is 1110 g/mol. The number of nitrogens with zero attached hydrogens (tertiary/aromatic N) is 9. The van der Waals surface area contributed by atoms with E-state index in [-0.39, 0.29) is 45.7 Å². The summed E-state index contributed by atoms with van der Waals surface area (Å²) < 4.78 is 108. The summed E-state index contributed by atoms with van der Waals surface area (Å²) in [5.74, 6) is -0.0845. The van der Waals surface area contributed by atoms with Gasteiger partial charge in [0.1, 0.15) is 90.4 Å². The third-order valence-electron chi connectivity index (χ3n) is 12.2. The average Bonchev–Trinajstić information content (AvgIpc) is 4.19. The van der Waals surface area contributed by atoms with E-state index < -0.39 is 148 Å². The lowest BCUT2D eigenvalue weighted by Gasteiger charge is -2.26. The second-order valence-corrected chi connectivity index (χ2v) is 23.2. The smallest absolute Gasteiger partial charge is 0.388 e. The monoisotopic (exact) mass is 1160 g/mol. The van der Waals surface area contributed by atoms with Crippen LogP contribution >= 0.6 is 31.3 Å². The second kappa shape index (κ2) is 21.3. The van der Waals surface area contributed by atoms with E-state index in [4.69, 9.17) is 42.8 Å². The van der Waals surface area contributed by atoms with Crippen LogP contribution in [-0.4, -0.2) is 181 Å². The number of nitrogens with two attached hydrogens (primary N) is 1. The summed E-state index contributed by atoms with van der Waals surface area (Å²) in [5, 5.41) is 59.1. The van der Waals surface area contributed by atoms with E-state index in [2.05, 4.69) is 59.7 Å². The van der Waals surface area contributed by atoms with Gasteiger partial charge in [-0.1, -0.05) is 0 Å². The number of hydrogen-bond donors (Lipinski definition) is 13. The van der Waals surface area contributed by atoms with E-state index in [0.29, 0.717) is 0 Å². The molecule has 0 aliphatic carbocycles. The molecule has 5 aliphatic rings. The van der Waals surface area contributed by atoms with E-state index in [1.165, 1.54) is 40.3 Å². The predicted octanol–water partition coefficient (Wildman–Crippen LogP) is -3.29. The van der Waals surface area contributed by atoms with E-state index >= 15 is 0 Å². The normalized spacial score (nSPS) is 33.2. The lowest BCUT2D eigenvalue weighted by atomic mass is 10.00. The summed E-state index contributed by atoms with van der Waals surface area (Å²) in [6.45, 7) is -1.84. The fraction of sp³-hybridized carbons (Fsp3) is 0.618. The Bertz CT molecular complexity index is 3170. The Hall–Kier alpha value is -4.53. The molecule has 418 valence electrons. The number of phosphoric ester groups is 3. The lowest BCUT2D eigenvalue weighted by molar-refractivity contribution is -0.753. The van der Waals surface area contributed by atoms with Gasteiger partial charge in [0.15, 0.2) is 36.0 Å². The van der Waals surface area contributed by atoms with Crippen molar-refractivity contribution >= 4 is 65.7 Å². The van der Waals surface area contributed by atoms with Crippen molar-refractivity contribution in [3.63, 3.8) is 0 Å². The molecule has 3 fully saturated rings. The Balaban J connectivity index is 0.858. The number of azo groups is 1. The van der Waals surface area contributed by atoms with Crippen molar-refractivity contribution in [2.75, 3.05) is 44.6 Å². The SMILES string of the molecule is CNc1ncnc2c1ncn2[C@@H]1O[C@H](COP(=O)(O)OP(=O)(O)OP(=O)(O)OCC2O[C@@H]([n+]3cn(C)c4c3NC(N)NC4=O)C(O)C2O)[C@H](OP(=O)(O)OC[C@H]2O[C@@H](C3N=Nc4c3nc(C)[nH]c4=O)C(O)[C@H]2O)C1OC. The number of hydrogen-bond acceptors (Lipinski definition) is 29. The zero-order valence-electron chi connectivity index (χ0n) is 39.4. The molecule has 14 N–H and O–H groups in total. The molecule has 18 atom stereocenters. The van der Waals surface area contributed by atoms with Gasteiger partial charge in [-0.3, -0.25) is 47.9 Å². The molecule has 4 aromatic rings. The minimum absolute atomic E-state index is 0.0353. The van der Waals surface area contributed by atoms with E-state index in [1.807, 2.05) is 0 Å². The van der Waals surface area contributed by atoms with Gasteiger partial charge >= 0.3 is 31.3 Å². The third kappa shape index (κ3) is 11.2. The van der Waals surface area contributed by atoms with Gasteiger partial charge < -0.3 is 74.6 Å². The Morgan fingerprint density at radius 3 is 2.14 bits per heavy atom. The highest BCUT2D eigenvalue weighted by molar-refractivity contribution is 7.66. The van der Waals surface area contributed by atoms with Crippen molar-refractivity contribution in [2.45, 2.75) is 92.8 Å². The molecule has 11 unspecified atom stereocenters. The first-order valence-electron chi connectivity index (χ1n) is 22.1. The molecule has 0 spiro atoms. The summed E-state index contributed by atoms with van der Waals surface area (Å²) in [5.41, 5.74) is 5.41. The number of aromatic amines is 1. The van der Waals surface area contributed by atoms with Gasteiger partial charge in [0.2, 0.25) is 11.9 Å². The largest absolute Gasteiger partial charge is 0.490 e. The molecule has 42 heteroatoms. The minimum Gasteiger partial charge on any atom is -0.388 e. The van der Waals surface area contributed by atoms with Crippen molar-refractivity contribution in [3.05, 3.63) is 46.5 Å². The van der Waals surface area contributed by atoms with Crippen LogP contribution in [0.5, 0.6) is 0 Å². The maximum Gasteiger partial charge on any atom is 0.490 e. The van der Waals surface area contributed by atoms with Gasteiger partial charge in [-0.05, 0) is 6.92 Å². The highest BCUT2D eigenvalue weighted by atomic mass is 31.3. The molecule has 0 aromatic carbocycles. The fourth-order valence-electron chi connectivity index (χ4n) is 8.84. The lowest BCUT2D eigenvalue weighted by Crippen LogP contribution is -2.55. The topological polar surface area (TPSA) is 524 Å². The molecule has 3 saturated heterocycles. The molecule has 76 heavy (non-hydrogen) atoms. The Labute approximate surface area is 424 Å². The molecule has 4 aromatic heterocycles. The highest BCUT2D eigenvalue weighted by Gasteiger charge is 2.55. The number of carbonyl (C=O) groups is 1. The number of ether oxygens (including phenoxy) is 4. The molecule has 1 amide bonds. The number of aryl methyl sites for hydroxylation is 2. The van der Waals surface area contributed by atoms with Crippen molar-refractivity contribution in [1.29, 1.82) is 0 Å². The average molecular weight is 1160 g/mol. The quantitative estimate of drug-likeness (QED) is 0.0305. The van der Waals surface area contributed by atoms with Gasteiger partial charge in [0.05, 0.1) is 33.2 Å². The number of nitrogens with one attached hydrogen (secondary N) is 4. The number of aliphatic hydroxyl groups is 4. The number of anilines is 2.